The highest BCUT2D eigenvalue weighted by Crippen LogP contribution is 2.22. The van der Waals surface area contributed by atoms with Gasteiger partial charge in [-0.3, -0.25) is 0 Å². The van der Waals surface area contributed by atoms with E-state index in [0.717, 1.165) is 30.0 Å². The van der Waals surface area contributed by atoms with Crippen LogP contribution in [0.15, 0.2) is 23.4 Å². The molecule has 1 aliphatic carbocycles. The highest BCUT2D eigenvalue weighted by atomic mass is 32.2. The normalized spacial score (nSPS) is 14.6. The van der Waals surface area contributed by atoms with Gasteiger partial charge in [-0.1, -0.05) is 41.1 Å². The van der Waals surface area contributed by atoms with E-state index in [1.807, 2.05) is 4.68 Å². The Morgan fingerprint density at radius 1 is 1.24 bits per heavy atom. The minimum atomic E-state index is 0.729. The van der Waals surface area contributed by atoms with Crippen molar-refractivity contribution in [2.75, 3.05) is 6.54 Å². The molecule has 1 aromatic carbocycles. The number of benzene rings is 1. The highest BCUT2D eigenvalue weighted by molar-refractivity contribution is 7.98. The van der Waals surface area contributed by atoms with E-state index < -0.39 is 0 Å². The van der Waals surface area contributed by atoms with Gasteiger partial charge >= 0.3 is 0 Å². The highest BCUT2D eigenvalue weighted by Gasteiger charge is 2.20. The summed E-state index contributed by atoms with van der Waals surface area (Å²) in [5.41, 5.74) is 3.93. The van der Waals surface area contributed by atoms with Gasteiger partial charge in [-0.15, -0.1) is 5.10 Å². The number of tetrazole rings is 1. The first kappa shape index (κ1) is 14.5. The molecule has 0 spiro atoms. The minimum Gasteiger partial charge on any atom is -0.312 e. The van der Waals surface area contributed by atoms with Crippen molar-refractivity contribution < 1.29 is 0 Å². The van der Waals surface area contributed by atoms with Gasteiger partial charge in [0, 0.05) is 18.3 Å². The third kappa shape index (κ3) is 4.28. The van der Waals surface area contributed by atoms with E-state index in [1.165, 1.54) is 29.5 Å². The summed E-state index contributed by atoms with van der Waals surface area (Å²) >= 11 is 1.70. The largest absolute Gasteiger partial charge is 0.312 e. The molecule has 1 saturated carbocycles. The van der Waals surface area contributed by atoms with Crippen LogP contribution in [0.5, 0.6) is 0 Å². The number of thioether (sulfide) groups is 1. The molecule has 1 aliphatic rings. The first-order valence-corrected chi connectivity index (χ1v) is 8.39. The second kappa shape index (κ2) is 6.58. The Balaban J connectivity index is 1.55. The molecule has 0 amide bonds. The summed E-state index contributed by atoms with van der Waals surface area (Å²) in [6, 6.07) is 7.38. The van der Waals surface area contributed by atoms with Crippen molar-refractivity contribution in [1.29, 1.82) is 0 Å². The van der Waals surface area contributed by atoms with Crippen LogP contribution in [0, 0.1) is 13.8 Å². The molecule has 0 unspecified atom stereocenters. The monoisotopic (exact) mass is 303 g/mol. The Labute approximate surface area is 129 Å². The molecular formula is C15H21N5S. The first-order valence-electron chi connectivity index (χ1n) is 7.40. The molecule has 1 fully saturated rings. The lowest BCUT2D eigenvalue weighted by Crippen LogP contribution is -2.22. The molecule has 0 radical (unpaired) electrons. The molecule has 6 heteroatoms. The topological polar surface area (TPSA) is 55.6 Å². The van der Waals surface area contributed by atoms with Crippen LogP contribution >= 0.6 is 11.8 Å². The molecule has 112 valence electrons. The van der Waals surface area contributed by atoms with Crippen molar-refractivity contribution in [3.8, 4) is 0 Å². The molecule has 5 nitrogen and oxygen atoms in total. The maximum Gasteiger partial charge on any atom is 0.209 e. The molecule has 1 N–H and O–H groups in total. The Kier molecular flexibility index (Phi) is 4.55. The average Bonchev–Trinajstić information content (AvgIpc) is 3.14. The van der Waals surface area contributed by atoms with Gasteiger partial charge in [0.2, 0.25) is 5.16 Å². The van der Waals surface area contributed by atoms with Crippen LogP contribution in [0.4, 0.5) is 0 Å². The molecule has 0 saturated heterocycles. The molecule has 2 aromatic rings. The van der Waals surface area contributed by atoms with Crippen molar-refractivity contribution in [3.05, 3.63) is 34.9 Å². The zero-order valence-corrected chi connectivity index (χ0v) is 13.4. The van der Waals surface area contributed by atoms with Gasteiger partial charge in [0.1, 0.15) is 0 Å². The van der Waals surface area contributed by atoms with E-state index in [4.69, 9.17) is 0 Å². The Morgan fingerprint density at radius 3 is 2.71 bits per heavy atom. The number of aromatic nitrogens is 4. The maximum absolute atomic E-state index is 4.13. The summed E-state index contributed by atoms with van der Waals surface area (Å²) in [5.74, 6) is 0.902. The van der Waals surface area contributed by atoms with Gasteiger partial charge in [0.15, 0.2) is 0 Å². The molecule has 1 aromatic heterocycles. The second-order valence-corrected chi connectivity index (χ2v) is 6.64. The van der Waals surface area contributed by atoms with Gasteiger partial charge < -0.3 is 5.32 Å². The maximum atomic E-state index is 4.13. The SMILES string of the molecule is Cc1cc(C)cc(CSc2nnnn2CCNC2CC2)c1. The fraction of sp³-hybridized carbons (Fsp3) is 0.533. The van der Waals surface area contributed by atoms with E-state index in [-0.39, 0.29) is 0 Å². The van der Waals surface area contributed by atoms with Crippen molar-refractivity contribution in [2.45, 2.75) is 50.2 Å². The van der Waals surface area contributed by atoms with E-state index in [1.54, 1.807) is 11.8 Å². The van der Waals surface area contributed by atoms with Crippen LogP contribution in [0.1, 0.15) is 29.5 Å². The lowest BCUT2D eigenvalue weighted by Gasteiger charge is -2.06. The average molecular weight is 303 g/mol. The van der Waals surface area contributed by atoms with Crippen molar-refractivity contribution in [3.63, 3.8) is 0 Å². The second-order valence-electron chi connectivity index (χ2n) is 5.70. The van der Waals surface area contributed by atoms with Gasteiger partial charge in [-0.25, -0.2) is 4.68 Å². The quantitative estimate of drug-likeness (QED) is 0.796. The molecule has 0 bridgehead atoms. The molecular weight excluding hydrogens is 282 g/mol. The summed E-state index contributed by atoms with van der Waals surface area (Å²) in [7, 11) is 0. The fourth-order valence-electron chi connectivity index (χ4n) is 2.40. The minimum absolute atomic E-state index is 0.729. The van der Waals surface area contributed by atoms with Crippen LogP contribution in [0.2, 0.25) is 0 Å². The van der Waals surface area contributed by atoms with E-state index >= 15 is 0 Å². The number of aryl methyl sites for hydroxylation is 2. The van der Waals surface area contributed by atoms with Crippen molar-refractivity contribution >= 4 is 11.8 Å². The Morgan fingerprint density at radius 2 is 2.00 bits per heavy atom. The Hall–Kier alpha value is -1.40. The van der Waals surface area contributed by atoms with Gasteiger partial charge in [-0.05, 0) is 42.7 Å². The summed E-state index contributed by atoms with van der Waals surface area (Å²) in [4.78, 5) is 0. The van der Waals surface area contributed by atoms with E-state index in [9.17, 15) is 0 Å². The van der Waals surface area contributed by atoms with Crippen LogP contribution in [0.25, 0.3) is 0 Å². The standard InChI is InChI=1S/C15H21N5S/c1-11-7-12(2)9-13(8-11)10-21-15-17-18-19-20(15)6-5-16-14-3-4-14/h7-9,14,16H,3-6,10H2,1-2H3. The molecule has 0 atom stereocenters. The van der Waals surface area contributed by atoms with Gasteiger partial charge in [0.25, 0.3) is 0 Å². The number of nitrogens with one attached hydrogen (secondary N) is 1. The third-order valence-corrected chi connectivity index (χ3v) is 4.51. The van der Waals surface area contributed by atoms with Gasteiger partial charge in [-0.2, -0.15) is 0 Å². The van der Waals surface area contributed by atoms with E-state index in [2.05, 4.69) is 52.9 Å². The predicted octanol–water partition coefficient (Wildman–Crippen LogP) is 2.33. The lowest BCUT2D eigenvalue weighted by atomic mass is 10.1. The predicted molar refractivity (Wildman–Crippen MR) is 84.3 cm³/mol. The zero-order chi connectivity index (χ0) is 14.7. The molecule has 1 heterocycles. The smallest absolute Gasteiger partial charge is 0.209 e. The van der Waals surface area contributed by atoms with E-state index in [0.29, 0.717) is 0 Å². The molecule has 21 heavy (non-hydrogen) atoms. The van der Waals surface area contributed by atoms with Crippen LogP contribution in [-0.4, -0.2) is 32.8 Å². The number of rotatable bonds is 7. The van der Waals surface area contributed by atoms with Crippen LogP contribution < -0.4 is 5.32 Å². The van der Waals surface area contributed by atoms with Crippen molar-refractivity contribution in [1.82, 2.24) is 25.5 Å². The molecule has 3 rings (SSSR count). The van der Waals surface area contributed by atoms with Crippen LogP contribution in [0.3, 0.4) is 0 Å². The summed E-state index contributed by atoms with van der Waals surface area (Å²) in [6.07, 6.45) is 2.62. The number of hydrogen-bond donors (Lipinski definition) is 1. The zero-order valence-electron chi connectivity index (χ0n) is 12.5. The van der Waals surface area contributed by atoms with Crippen molar-refractivity contribution in [2.24, 2.45) is 0 Å². The lowest BCUT2D eigenvalue weighted by molar-refractivity contribution is 0.509. The summed E-state index contributed by atoms with van der Waals surface area (Å²) < 4.78 is 1.89. The number of hydrogen-bond acceptors (Lipinski definition) is 5. The van der Waals surface area contributed by atoms with Crippen LogP contribution in [-0.2, 0) is 12.3 Å². The summed E-state index contributed by atoms with van der Waals surface area (Å²) in [5, 5.41) is 16.4. The fourth-order valence-corrected chi connectivity index (χ4v) is 3.24. The summed E-state index contributed by atoms with van der Waals surface area (Å²) in [6.45, 7) is 6.04. The molecule has 0 aliphatic heterocycles. The third-order valence-electron chi connectivity index (χ3n) is 3.48. The first-order chi connectivity index (χ1) is 10.2. The Bertz CT molecular complexity index is 586. The van der Waals surface area contributed by atoms with Gasteiger partial charge in [0.05, 0.1) is 6.54 Å². The number of nitrogens with zero attached hydrogens (tertiary/aromatic N) is 4.